The van der Waals surface area contributed by atoms with Gasteiger partial charge in [-0.05, 0) is 0 Å². The Bertz CT molecular complexity index is 594. The van der Waals surface area contributed by atoms with Crippen molar-refractivity contribution in [3.63, 3.8) is 0 Å². The Balaban J connectivity index is 2.81. The average Bonchev–Trinajstić information content (AvgIpc) is 2.33. The molecule has 1 atom stereocenters. The average molecular weight is 305 g/mol. The maximum atomic E-state index is 13.3. The highest BCUT2D eigenvalue weighted by molar-refractivity contribution is 5.93. The van der Waals surface area contributed by atoms with Gasteiger partial charge in [0.2, 0.25) is 5.91 Å². The van der Waals surface area contributed by atoms with Crippen LogP contribution in [0.25, 0.3) is 0 Å². The van der Waals surface area contributed by atoms with E-state index in [1.54, 1.807) is 10.6 Å². The number of carbonyl (C=O) groups excluding carboxylic acids is 2. The molecule has 0 bridgehead atoms. The van der Waals surface area contributed by atoms with Gasteiger partial charge in [-0.3, -0.25) is 4.79 Å². The number of anilines is 1. The highest BCUT2D eigenvalue weighted by Crippen LogP contribution is 2.18. The molecule has 114 valence electrons. The molecule has 21 heavy (non-hydrogen) atoms. The van der Waals surface area contributed by atoms with Crippen molar-refractivity contribution in [2.45, 2.75) is 12.5 Å². The first-order valence-corrected chi connectivity index (χ1v) is 5.44. The number of nitrogens with one attached hydrogen (secondary N) is 2. The number of amides is 3. The Morgan fingerprint density at radius 1 is 1.24 bits per heavy atom. The Kier molecular flexibility index (Phi) is 5.11. The van der Waals surface area contributed by atoms with Crippen molar-refractivity contribution in [3.05, 3.63) is 29.6 Å². The standard InChI is InChI=1S/C11H10F3N3O4/c12-4-1-5(13)9(14)6(2-4)16-11(21)17-7(10(19)20)3-8(15)18/h1-2,7H,3H2,(H2,15,18)(H,19,20)(H2,16,17,21). The Morgan fingerprint density at radius 3 is 2.38 bits per heavy atom. The minimum Gasteiger partial charge on any atom is -0.480 e. The van der Waals surface area contributed by atoms with Gasteiger partial charge in [0.05, 0.1) is 12.1 Å². The van der Waals surface area contributed by atoms with E-state index in [0.717, 1.165) is 0 Å². The molecular formula is C11H10F3N3O4. The summed E-state index contributed by atoms with van der Waals surface area (Å²) in [7, 11) is 0. The molecule has 1 unspecified atom stereocenters. The van der Waals surface area contributed by atoms with Crippen LogP contribution in [-0.4, -0.2) is 29.1 Å². The number of hydrogen-bond acceptors (Lipinski definition) is 3. The molecule has 0 saturated heterocycles. The van der Waals surface area contributed by atoms with E-state index in [2.05, 4.69) is 0 Å². The zero-order chi connectivity index (χ0) is 16.2. The first-order chi connectivity index (χ1) is 9.70. The fraction of sp³-hybridized carbons (Fsp3) is 0.182. The van der Waals surface area contributed by atoms with Crippen molar-refractivity contribution < 1.29 is 32.7 Å². The topological polar surface area (TPSA) is 122 Å². The predicted octanol–water partition coefficient (Wildman–Crippen LogP) is 0.554. The second-order valence-electron chi connectivity index (χ2n) is 3.91. The number of carbonyl (C=O) groups is 3. The third kappa shape index (κ3) is 4.67. The summed E-state index contributed by atoms with van der Waals surface area (Å²) < 4.78 is 39.1. The molecule has 3 amide bonds. The fourth-order valence-corrected chi connectivity index (χ4v) is 1.36. The number of carboxylic acids is 1. The molecule has 0 aliphatic carbocycles. The van der Waals surface area contributed by atoms with Gasteiger partial charge in [0.15, 0.2) is 11.6 Å². The summed E-state index contributed by atoms with van der Waals surface area (Å²) in [6, 6.07) is -2.16. The monoisotopic (exact) mass is 305 g/mol. The van der Waals surface area contributed by atoms with E-state index < -0.39 is 53.5 Å². The van der Waals surface area contributed by atoms with Crippen LogP contribution in [0.2, 0.25) is 0 Å². The largest absolute Gasteiger partial charge is 0.480 e. The summed E-state index contributed by atoms with van der Waals surface area (Å²) in [6.45, 7) is 0. The van der Waals surface area contributed by atoms with E-state index in [0.29, 0.717) is 6.07 Å². The van der Waals surface area contributed by atoms with E-state index >= 15 is 0 Å². The Morgan fingerprint density at radius 2 is 1.86 bits per heavy atom. The number of carboxylic acid groups (broad SMARTS) is 1. The van der Waals surface area contributed by atoms with E-state index in [4.69, 9.17) is 10.8 Å². The summed E-state index contributed by atoms with van der Waals surface area (Å²) in [5, 5.41) is 12.3. The molecule has 1 aromatic rings. The number of halogens is 3. The minimum absolute atomic E-state index is 0.269. The number of urea groups is 1. The van der Waals surface area contributed by atoms with Crippen LogP contribution in [-0.2, 0) is 9.59 Å². The van der Waals surface area contributed by atoms with Crippen LogP contribution in [0.3, 0.4) is 0 Å². The molecule has 0 heterocycles. The molecule has 7 nitrogen and oxygen atoms in total. The van der Waals surface area contributed by atoms with Gasteiger partial charge >= 0.3 is 12.0 Å². The summed E-state index contributed by atoms with van der Waals surface area (Å²) in [4.78, 5) is 32.8. The molecule has 0 radical (unpaired) electrons. The third-order valence-corrected chi connectivity index (χ3v) is 2.25. The van der Waals surface area contributed by atoms with Crippen molar-refractivity contribution in [1.82, 2.24) is 5.32 Å². The molecular weight excluding hydrogens is 295 g/mol. The Hall–Kier alpha value is -2.78. The van der Waals surface area contributed by atoms with Crippen LogP contribution in [0.4, 0.5) is 23.7 Å². The highest BCUT2D eigenvalue weighted by atomic mass is 19.2. The van der Waals surface area contributed by atoms with Crippen LogP contribution < -0.4 is 16.4 Å². The van der Waals surface area contributed by atoms with Crippen molar-refractivity contribution in [1.29, 1.82) is 0 Å². The SMILES string of the molecule is NC(=O)CC(NC(=O)Nc1cc(F)cc(F)c1F)C(=O)O. The number of primary amides is 1. The number of aliphatic carboxylic acids is 1. The number of rotatable bonds is 5. The fourth-order valence-electron chi connectivity index (χ4n) is 1.36. The second-order valence-corrected chi connectivity index (χ2v) is 3.91. The first kappa shape index (κ1) is 16.3. The maximum absolute atomic E-state index is 13.3. The maximum Gasteiger partial charge on any atom is 0.326 e. The van der Waals surface area contributed by atoms with E-state index in [1.165, 1.54) is 0 Å². The van der Waals surface area contributed by atoms with Gasteiger partial charge < -0.3 is 21.5 Å². The van der Waals surface area contributed by atoms with Gasteiger partial charge in [-0.25, -0.2) is 22.8 Å². The van der Waals surface area contributed by atoms with Gasteiger partial charge in [-0.1, -0.05) is 0 Å². The molecule has 0 aliphatic heterocycles. The molecule has 0 saturated carbocycles. The van der Waals surface area contributed by atoms with E-state index in [-0.39, 0.29) is 6.07 Å². The lowest BCUT2D eigenvalue weighted by Gasteiger charge is -2.14. The van der Waals surface area contributed by atoms with Crippen LogP contribution in [0, 0.1) is 17.5 Å². The van der Waals surface area contributed by atoms with E-state index in [1.807, 2.05) is 0 Å². The lowest BCUT2D eigenvalue weighted by atomic mass is 10.2. The van der Waals surface area contributed by atoms with Gasteiger partial charge in [-0.15, -0.1) is 0 Å². The first-order valence-electron chi connectivity index (χ1n) is 5.44. The lowest BCUT2D eigenvalue weighted by molar-refractivity contribution is -0.140. The molecule has 0 aliphatic rings. The summed E-state index contributed by atoms with van der Waals surface area (Å²) >= 11 is 0. The zero-order valence-electron chi connectivity index (χ0n) is 10.3. The molecule has 0 aromatic heterocycles. The van der Waals surface area contributed by atoms with Crippen molar-refractivity contribution >= 4 is 23.6 Å². The molecule has 0 fully saturated rings. The van der Waals surface area contributed by atoms with Gasteiger partial charge in [0, 0.05) is 12.1 Å². The van der Waals surface area contributed by atoms with Crippen molar-refractivity contribution in [2.75, 3.05) is 5.32 Å². The van der Waals surface area contributed by atoms with Crippen molar-refractivity contribution in [2.24, 2.45) is 5.73 Å². The minimum atomic E-state index is -1.66. The third-order valence-electron chi connectivity index (χ3n) is 2.25. The smallest absolute Gasteiger partial charge is 0.326 e. The number of benzene rings is 1. The normalized spacial score (nSPS) is 11.6. The second kappa shape index (κ2) is 6.59. The van der Waals surface area contributed by atoms with Gasteiger partial charge in [-0.2, -0.15) is 0 Å². The lowest BCUT2D eigenvalue weighted by Crippen LogP contribution is -2.45. The zero-order valence-corrected chi connectivity index (χ0v) is 10.3. The van der Waals surface area contributed by atoms with Crippen LogP contribution in [0.1, 0.15) is 6.42 Å². The quantitative estimate of drug-likeness (QED) is 0.593. The molecule has 1 rings (SSSR count). The van der Waals surface area contributed by atoms with E-state index in [9.17, 15) is 27.6 Å². The molecule has 0 spiro atoms. The summed E-state index contributed by atoms with van der Waals surface area (Å²) in [6.07, 6.45) is -0.706. The van der Waals surface area contributed by atoms with Crippen LogP contribution >= 0.6 is 0 Å². The number of hydrogen-bond donors (Lipinski definition) is 4. The summed E-state index contributed by atoms with van der Waals surface area (Å²) in [5.74, 6) is -6.75. The highest BCUT2D eigenvalue weighted by Gasteiger charge is 2.23. The van der Waals surface area contributed by atoms with Gasteiger partial charge in [0.25, 0.3) is 0 Å². The predicted molar refractivity (Wildman–Crippen MR) is 63.7 cm³/mol. The Labute approximate surface area is 115 Å². The van der Waals surface area contributed by atoms with Crippen molar-refractivity contribution in [3.8, 4) is 0 Å². The summed E-state index contributed by atoms with van der Waals surface area (Å²) in [5.41, 5.74) is 3.96. The molecule has 10 heteroatoms. The molecule has 5 N–H and O–H groups in total. The number of nitrogens with two attached hydrogens (primary N) is 1. The van der Waals surface area contributed by atoms with Gasteiger partial charge in [0.1, 0.15) is 11.9 Å². The molecule has 1 aromatic carbocycles. The van der Waals surface area contributed by atoms with Crippen LogP contribution in [0.15, 0.2) is 12.1 Å². The van der Waals surface area contributed by atoms with Crippen LogP contribution in [0.5, 0.6) is 0 Å².